The first kappa shape index (κ1) is 23.2. The molecular weight excluding hydrogens is 334 g/mol. The molecule has 1 atom stereocenters. The number of aryl methyl sites for hydroxylation is 1. The molecule has 2 N–H and O–H groups in total. The molecule has 1 unspecified atom stereocenters. The first-order chi connectivity index (χ1) is 12.5. The van der Waals surface area contributed by atoms with Crippen LogP contribution >= 0.6 is 0 Å². The van der Waals surface area contributed by atoms with Gasteiger partial charge in [0.25, 0.3) is 0 Å². The van der Waals surface area contributed by atoms with E-state index in [1.807, 2.05) is 7.05 Å². The fourth-order valence-electron chi connectivity index (χ4n) is 3.07. The Morgan fingerprint density at radius 3 is 2.26 bits per heavy atom. The van der Waals surface area contributed by atoms with E-state index in [9.17, 15) is 4.79 Å². The van der Waals surface area contributed by atoms with E-state index in [-0.39, 0.29) is 17.5 Å². The van der Waals surface area contributed by atoms with Crippen molar-refractivity contribution >= 4 is 11.6 Å². The van der Waals surface area contributed by atoms with Crippen LogP contribution in [0.4, 0.5) is 5.69 Å². The van der Waals surface area contributed by atoms with E-state index in [0.29, 0.717) is 5.92 Å². The van der Waals surface area contributed by atoms with Crippen LogP contribution in [0.15, 0.2) is 35.9 Å². The maximum atomic E-state index is 12.8. The van der Waals surface area contributed by atoms with Crippen LogP contribution in [0.5, 0.6) is 0 Å². The lowest BCUT2D eigenvalue weighted by atomic mass is 9.99. The van der Waals surface area contributed by atoms with E-state index < -0.39 is 0 Å². The Hall–Kier alpha value is -1.81. The van der Waals surface area contributed by atoms with E-state index in [1.165, 1.54) is 16.8 Å². The fourth-order valence-corrected chi connectivity index (χ4v) is 3.07. The van der Waals surface area contributed by atoms with E-state index in [2.05, 4.69) is 94.3 Å². The number of hydrogen-bond acceptors (Lipinski definition) is 3. The molecule has 0 heterocycles. The molecule has 0 fully saturated rings. The van der Waals surface area contributed by atoms with Crippen molar-refractivity contribution in [3.05, 3.63) is 41.5 Å². The molecule has 0 aliphatic rings. The third kappa shape index (κ3) is 8.61. The molecule has 0 saturated heterocycles. The quantitative estimate of drug-likeness (QED) is 0.601. The normalized spacial score (nSPS) is 12.6. The van der Waals surface area contributed by atoms with Crippen LogP contribution in [-0.2, 0) is 4.79 Å². The molecule has 4 nitrogen and oxygen atoms in total. The number of benzene rings is 1. The van der Waals surface area contributed by atoms with Gasteiger partial charge >= 0.3 is 0 Å². The van der Waals surface area contributed by atoms with Gasteiger partial charge < -0.3 is 15.5 Å². The number of rotatable bonds is 10. The zero-order valence-corrected chi connectivity index (χ0v) is 18.5. The summed E-state index contributed by atoms with van der Waals surface area (Å²) >= 11 is 0. The summed E-state index contributed by atoms with van der Waals surface area (Å²) in [7, 11) is 1.85. The van der Waals surface area contributed by atoms with Gasteiger partial charge in [-0.3, -0.25) is 4.79 Å². The standard InChI is InChI=1S/C23H39N3O/c1-17(2)13-14-26(20-11-9-19(5)10-12-20)16-23(6,7)25-22(27)21(24-8)15-18(3)4/h9-13,18,21,24H,14-16H2,1-8H3,(H,25,27). The van der Waals surface area contributed by atoms with E-state index in [4.69, 9.17) is 0 Å². The second-order valence-electron chi connectivity index (χ2n) is 8.84. The highest BCUT2D eigenvalue weighted by molar-refractivity contribution is 5.82. The van der Waals surface area contributed by atoms with Gasteiger partial charge in [0, 0.05) is 18.8 Å². The molecule has 0 spiro atoms. The molecule has 1 aromatic rings. The summed E-state index contributed by atoms with van der Waals surface area (Å²) < 4.78 is 0. The second kappa shape index (κ2) is 10.5. The average molecular weight is 374 g/mol. The highest BCUT2D eigenvalue weighted by atomic mass is 16.2. The third-order valence-electron chi connectivity index (χ3n) is 4.54. The van der Waals surface area contributed by atoms with Gasteiger partial charge in [0.2, 0.25) is 5.91 Å². The second-order valence-corrected chi connectivity index (χ2v) is 8.84. The lowest BCUT2D eigenvalue weighted by Gasteiger charge is -2.35. The van der Waals surface area contributed by atoms with E-state index in [1.54, 1.807) is 0 Å². The predicted octanol–water partition coefficient (Wildman–Crippen LogP) is 4.30. The number of carbonyl (C=O) groups is 1. The molecule has 27 heavy (non-hydrogen) atoms. The van der Waals surface area contributed by atoms with Crippen LogP contribution in [-0.4, -0.2) is 37.6 Å². The number of anilines is 1. The number of nitrogens with zero attached hydrogens (tertiary/aromatic N) is 1. The summed E-state index contributed by atoms with van der Waals surface area (Å²) in [5.74, 6) is 0.542. The van der Waals surface area contributed by atoms with Gasteiger partial charge in [-0.15, -0.1) is 0 Å². The van der Waals surface area contributed by atoms with Crippen LogP contribution in [0.1, 0.15) is 53.5 Å². The van der Waals surface area contributed by atoms with E-state index in [0.717, 1.165) is 19.5 Å². The number of amides is 1. The summed E-state index contributed by atoms with van der Waals surface area (Å²) in [6, 6.07) is 8.42. The largest absolute Gasteiger partial charge is 0.365 e. The summed E-state index contributed by atoms with van der Waals surface area (Å²) in [5.41, 5.74) is 3.37. The molecule has 0 radical (unpaired) electrons. The molecule has 0 bridgehead atoms. The Kier molecular flexibility index (Phi) is 9.04. The van der Waals surface area contributed by atoms with Crippen LogP contribution in [0.2, 0.25) is 0 Å². The molecule has 4 heteroatoms. The monoisotopic (exact) mass is 373 g/mol. The Balaban J connectivity index is 2.92. The smallest absolute Gasteiger partial charge is 0.237 e. The van der Waals surface area contributed by atoms with Gasteiger partial charge in [0.1, 0.15) is 0 Å². The molecule has 0 aliphatic heterocycles. The lowest BCUT2D eigenvalue weighted by Crippen LogP contribution is -2.56. The molecular formula is C23H39N3O. The topological polar surface area (TPSA) is 44.4 Å². The molecule has 1 aromatic carbocycles. The van der Waals surface area contributed by atoms with Crippen LogP contribution in [0.3, 0.4) is 0 Å². The molecule has 152 valence electrons. The Bertz CT molecular complexity index is 613. The molecule has 1 rings (SSSR count). The minimum Gasteiger partial charge on any atom is -0.365 e. The minimum absolute atomic E-state index is 0.0715. The summed E-state index contributed by atoms with van der Waals surface area (Å²) in [5, 5.41) is 6.40. The zero-order valence-electron chi connectivity index (χ0n) is 18.5. The first-order valence-electron chi connectivity index (χ1n) is 9.98. The van der Waals surface area contributed by atoms with Gasteiger partial charge in [-0.05, 0) is 66.1 Å². The highest BCUT2D eigenvalue weighted by Gasteiger charge is 2.27. The van der Waals surface area contributed by atoms with E-state index >= 15 is 0 Å². The molecule has 1 amide bonds. The lowest BCUT2D eigenvalue weighted by molar-refractivity contribution is -0.124. The van der Waals surface area contributed by atoms with Gasteiger partial charge in [0.15, 0.2) is 0 Å². The zero-order chi connectivity index (χ0) is 20.6. The van der Waals surface area contributed by atoms with Crippen molar-refractivity contribution in [2.45, 2.75) is 66.5 Å². The number of likely N-dealkylation sites (N-methyl/N-ethyl adjacent to an activating group) is 1. The van der Waals surface area contributed by atoms with Crippen LogP contribution < -0.4 is 15.5 Å². The summed E-state index contributed by atoms with van der Waals surface area (Å²) in [6.45, 7) is 16.4. The van der Waals surface area contributed by atoms with Gasteiger partial charge in [-0.2, -0.15) is 0 Å². The summed E-state index contributed by atoms with van der Waals surface area (Å²) in [6.07, 6.45) is 3.06. The SMILES string of the molecule is CNC(CC(C)C)C(=O)NC(C)(C)CN(CC=C(C)C)c1ccc(C)cc1. The summed E-state index contributed by atoms with van der Waals surface area (Å²) in [4.78, 5) is 15.1. The number of allylic oxidation sites excluding steroid dienone is 1. The first-order valence-corrected chi connectivity index (χ1v) is 9.98. The Labute approximate surface area is 166 Å². The van der Waals surface area contributed by atoms with Crippen molar-refractivity contribution in [1.29, 1.82) is 0 Å². The van der Waals surface area contributed by atoms with Crippen molar-refractivity contribution in [3.63, 3.8) is 0 Å². The van der Waals surface area contributed by atoms with Crippen molar-refractivity contribution in [1.82, 2.24) is 10.6 Å². The number of hydrogen-bond donors (Lipinski definition) is 2. The van der Waals surface area contributed by atoms with Crippen LogP contribution in [0, 0.1) is 12.8 Å². The molecule has 0 aliphatic carbocycles. The Morgan fingerprint density at radius 2 is 1.78 bits per heavy atom. The maximum absolute atomic E-state index is 12.8. The number of nitrogens with one attached hydrogen (secondary N) is 2. The van der Waals surface area contributed by atoms with Gasteiger partial charge in [0.05, 0.1) is 11.6 Å². The third-order valence-corrected chi connectivity index (χ3v) is 4.54. The highest BCUT2D eigenvalue weighted by Crippen LogP contribution is 2.19. The van der Waals surface area contributed by atoms with Gasteiger partial charge in [-0.1, -0.05) is 43.2 Å². The average Bonchev–Trinajstić information content (AvgIpc) is 2.56. The van der Waals surface area contributed by atoms with Crippen LogP contribution in [0.25, 0.3) is 0 Å². The van der Waals surface area contributed by atoms with Gasteiger partial charge in [-0.25, -0.2) is 0 Å². The fraction of sp³-hybridized carbons (Fsp3) is 0.609. The maximum Gasteiger partial charge on any atom is 0.237 e. The predicted molar refractivity (Wildman–Crippen MR) is 117 cm³/mol. The molecule has 0 saturated carbocycles. The van der Waals surface area contributed by atoms with Crippen molar-refractivity contribution in [3.8, 4) is 0 Å². The van der Waals surface area contributed by atoms with Crippen molar-refractivity contribution < 1.29 is 4.79 Å². The molecule has 0 aromatic heterocycles. The van der Waals surface area contributed by atoms with Crippen molar-refractivity contribution in [2.24, 2.45) is 5.92 Å². The van der Waals surface area contributed by atoms with Crippen molar-refractivity contribution in [2.75, 3.05) is 25.0 Å². The number of carbonyl (C=O) groups excluding carboxylic acids is 1. The minimum atomic E-state index is -0.344. The Morgan fingerprint density at radius 1 is 1.19 bits per heavy atom.